The molecule has 0 radical (unpaired) electrons. The summed E-state index contributed by atoms with van der Waals surface area (Å²) in [5.41, 5.74) is 0. The van der Waals surface area contributed by atoms with Gasteiger partial charge in [0, 0.05) is 37.8 Å². The number of alkyl halides is 1. The average Bonchev–Trinajstić information content (AvgIpc) is 2.28. The highest BCUT2D eigenvalue weighted by Crippen LogP contribution is 2.12. The van der Waals surface area contributed by atoms with Crippen LogP contribution in [0.15, 0.2) is 0 Å². The molecule has 0 aromatic carbocycles. The molecule has 1 atom stereocenters. The molecule has 1 fully saturated rings. The van der Waals surface area contributed by atoms with Crippen molar-refractivity contribution in [2.24, 2.45) is 0 Å². The van der Waals surface area contributed by atoms with E-state index in [1.807, 2.05) is 4.90 Å². The molecule has 1 rings (SSSR count). The number of unbranched alkanes of at least 4 members (excludes halogenated alkanes) is 1. The van der Waals surface area contributed by atoms with Crippen LogP contribution in [-0.4, -0.2) is 41.2 Å². The molecule has 0 aromatic rings. The minimum Gasteiger partial charge on any atom is -0.352 e. The van der Waals surface area contributed by atoms with Crippen molar-refractivity contribution in [1.82, 2.24) is 10.2 Å². The molecule has 1 unspecified atom stereocenters. The summed E-state index contributed by atoms with van der Waals surface area (Å²) in [5.74, 6) is 0.213. The monoisotopic (exact) mass is 304 g/mol. The lowest BCUT2D eigenvalue weighted by molar-refractivity contribution is -0.133. The van der Waals surface area contributed by atoms with Crippen LogP contribution in [0.4, 0.5) is 0 Å². The molecule has 0 bridgehead atoms. The van der Waals surface area contributed by atoms with Crippen LogP contribution in [0.1, 0.15) is 39.0 Å². The summed E-state index contributed by atoms with van der Waals surface area (Å²) in [4.78, 5) is 24.8. The lowest BCUT2D eigenvalue weighted by Gasteiger charge is -2.33. The molecule has 0 aliphatic carbocycles. The molecule has 1 saturated heterocycles. The van der Waals surface area contributed by atoms with Crippen LogP contribution in [0.5, 0.6) is 0 Å². The number of hydrogen-bond donors (Lipinski definition) is 1. The van der Waals surface area contributed by atoms with Crippen molar-refractivity contribution in [1.29, 1.82) is 0 Å². The number of carbonyl (C=O) groups excluding carboxylic acids is 2. The SMILES string of the molecule is CC(=O)NC1CCCN(C(=O)CCCCBr)C1. The van der Waals surface area contributed by atoms with Gasteiger partial charge in [0.1, 0.15) is 0 Å². The van der Waals surface area contributed by atoms with Gasteiger partial charge in [-0.05, 0) is 25.7 Å². The Kier molecular flexibility index (Phi) is 6.55. The third-order valence-electron chi connectivity index (χ3n) is 2.96. The summed E-state index contributed by atoms with van der Waals surface area (Å²) < 4.78 is 0. The van der Waals surface area contributed by atoms with Crippen LogP contribution in [0.2, 0.25) is 0 Å². The van der Waals surface area contributed by atoms with Crippen LogP contribution in [0, 0.1) is 0 Å². The second-order valence-corrected chi connectivity index (χ2v) is 5.32. The molecule has 1 heterocycles. The first-order valence-corrected chi connectivity index (χ1v) is 7.36. The molecular weight excluding hydrogens is 284 g/mol. The molecule has 5 heteroatoms. The van der Waals surface area contributed by atoms with Crippen LogP contribution in [0.3, 0.4) is 0 Å². The van der Waals surface area contributed by atoms with Gasteiger partial charge in [0.25, 0.3) is 0 Å². The van der Waals surface area contributed by atoms with Crippen molar-refractivity contribution in [2.45, 2.75) is 45.1 Å². The highest BCUT2D eigenvalue weighted by atomic mass is 79.9. The van der Waals surface area contributed by atoms with Gasteiger partial charge >= 0.3 is 0 Å². The lowest BCUT2D eigenvalue weighted by atomic mass is 10.0. The second kappa shape index (κ2) is 7.69. The molecule has 98 valence electrons. The molecule has 1 aliphatic heterocycles. The molecule has 0 aromatic heterocycles. The number of rotatable bonds is 5. The Labute approximate surface area is 111 Å². The minimum atomic E-state index is -0.0106. The maximum Gasteiger partial charge on any atom is 0.222 e. The third-order valence-corrected chi connectivity index (χ3v) is 3.52. The smallest absolute Gasteiger partial charge is 0.222 e. The van der Waals surface area contributed by atoms with Gasteiger partial charge < -0.3 is 10.2 Å². The molecule has 1 N–H and O–H groups in total. The zero-order chi connectivity index (χ0) is 12.7. The first kappa shape index (κ1) is 14.5. The molecular formula is C12H21BrN2O2. The summed E-state index contributed by atoms with van der Waals surface area (Å²) in [6, 6.07) is 0.140. The number of carbonyl (C=O) groups is 2. The number of halogens is 1. The number of likely N-dealkylation sites (tertiary alicyclic amines) is 1. The first-order chi connectivity index (χ1) is 8.13. The maximum absolute atomic E-state index is 11.9. The van der Waals surface area contributed by atoms with E-state index in [0.29, 0.717) is 13.0 Å². The van der Waals surface area contributed by atoms with Gasteiger partial charge in [-0.3, -0.25) is 9.59 Å². The highest BCUT2D eigenvalue weighted by molar-refractivity contribution is 9.09. The van der Waals surface area contributed by atoms with Crippen LogP contribution in [0.25, 0.3) is 0 Å². The van der Waals surface area contributed by atoms with Crippen molar-refractivity contribution < 1.29 is 9.59 Å². The minimum absolute atomic E-state index is 0.0106. The van der Waals surface area contributed by atoms with Gasteiger partial charge in [0.05, 0.1) is 0 Å². The van der Waals surface area contributed by atoms with Gasteiger partial charge in [0.15, 0.2) is 0 Å². The van der Waals surface area contributed by atoms with Crippen molar-refractivity contribution in [3.05, 3.63) is 0 Å². The molecule has 17 heavy (non-hydrogen) atoms. The van der Waals surface area contributed by atoms with Crippen LogP contribution in [-0.2, 0) is 9.59 Å². The fraction of sp³-hybridized carbons (Fsp3) is 0.833. The predicted octanol–water partition coefficient (Wildman–Crippen LogP) is 1.68. The summed E-state index contributed by atoms with van der Waals surface area (Å²) in [7, 11) is 0. The number of piperidine rings is 1. The fourth-order valence-electron chi connectivity index (χ4n) is 2.14. The van der Waals surface area contributed by atoms with Gasteiger partial charge in [-0.1, -0.05) is 15.9 Å². The Morgan fingerprint density at radius 1 is 1.41 bits per heavy atom. The normalized spacial score (nSPS) is 20.1. The topological polar surface area (TPSA) is 49.4 Å². The van der Waals surface area contributed by atoms with E-state index < -0.39 is 0 Å². The summed E-state index contributed by atoms with van der Waals surface area (Å²) in [6.07, 6.45) is 4.55. The van der Waals surface area contributed by atoms with Crippen molar-refractivity contribution in [3.63, 3.8) is 0 Å². The molecule has 0 spiro atoms. The van der Waals surface area contributed by atoms with Crippen LogP contribution < -0.4 is 5.32 Å². The number of nitrogens with zero attached hydrogens (tertiary/aromatic N) is 1. The largest absolute Gasteiger partial charge is 0.352 e. The van der Waals surface area contributed by atoms with E-state index >= 15 is 0 Å². The van der Waals surface area contributed by atoms with E-state index in [0.717, 1.165) is 37.6 Å². The first-order valence-electron chi connectivity index (χ1n) is 6.24. The van der Waals surface area contributed by atoms with Gasteiger partial charge in [-0.15, -0.1) is 0 Å². The average molecular weight is 305 g/mol. The quantitative estimate of drug-likeness (QED) is 0.620. The number of hydrogen-bond acceptors (Lipinski definition) is 2. The van der Waals surface area contributed by atoms with E-state index in [1.165, 1.54) is 6.92 Å². The van der Waals surface area contributed by atoms with Crippen molar-refractivity contribution >= 4 is 27.7 Å². The Bertz CT molecular complexity index is 271. The number of amides is 2. The van der Waals surface area contributed by atoms with Crippen molar-refractivity contribution in [3.8, 4) is 0 Å². The van der Waals surface area contributed by atoms with Gasteiger partial charge in [0.2, 0.25) is 11.8 Å². The second-order valence-electron chi connectivity index (χ2n) is 4.53. The Morgan fingerprint density at radius 2 is 2.18 bits per heavy atom. The Hall–Kier alpha value is -0.580. The Balaban J connectivity index is 2.32. The predicted molar refractivity (Wildman–Crippen MR) is 71.1 cm³/mol. The van der Waals surface area contributed by atoms with Gasteiger partial charge in [-0.25, -0.2) is 0 Å². The fourth-order valence-corrected chi connectivity index (χ4v) is 2.53. The van der Waals surface area contributed by atoms with E-state index in [-0.39, 0.29) is 17.9 Å². The van der Waals surface area contributed by atoms with E-state index in [4.69, 9.17) is 0 Å². The zero-order valence-corrected chi connectivity index (χ0v) is 12.0. The zero-order valence-electron chi connectivity index (χ0n) is 10.4. The van der Waals surface area contributed by atoms with E-state index in [9.17, 15) is 9.59 Å². The van der Waals surface area contributed by atoms with E-state index in [1.54, 1.807) is 0 Å². The molecule has 2 amide bonds. The Morgan fingerprint density at radius 3 is 2.82 bits per heavy atom. The van der Waals surface area contributed by atoms with Crippen LogP contribution >= 0.6 is 15.9 Å². The molecule has 0 saturated carbocycles. The maximum atomic E-state index is 11.9. The summed E-state index contributed by atoms with van der Waals surface area (Å²) >= 11 is 3.36. The van der Waals surface area contributed by atoms with E-state index in [2.05, 4.69) is 21.2 Å². The van der Waals surface area contributed by atoms with Gasteiger partial charge in [-0.2, -0.15) is 0 Å². The summed E-state index contributed by atoms with van der Waals surface area (Å²) in [5, 5.41) is 3.85. The third kappa shape index (κ3) is 5.52. The standard InChI is InChI=1S/C12H21BrN2O2/c1-10(16)14-11-5-4-8-15(9-11)12(17)6-2-3-7-13/h11H,2-9H2,1H3,(H,14,16). The highest BCUT2D eigenvalue weighted by Gasteiger charge is 2.23. The number of nitrogens with one attached hydrogen (secondary N) is 1. The lowest BCUT2D eigenvalue weighted by Crippen LogP contribution is -2.49. The van der Waals surface area contributed by atoms with Crippen molar-refractivity contribution in [2.75, 3.05) is 18.4 Å². The summed E-state index contributed by atoms with van der Waals surface area (Å²) in [6.45, 7) is 3.03. The molecule has 1 aliphatic rings. The molecule has 4 nitrogen and oxygen atoms in total.